The van der Waals surface area contributed by atoms with Crippen LogP contribution in [0.5, 0.6) is 0 Å². The Morgan fingerprint density at radius 3 is 2.44 bits per heavy atom. The van der Waals surface area contributed by atoms with Crippen LogP contribution in [0, 0.1) is 11.3 Å². The summed E-state index contributed by atoms with van der Waals surface area (Å²) in [6, 6.07) is 0. The van der Waals surface area contributed by atoms with Gasteiger partial charge < -0.3 is 10.5 Å². The van der Waals surface area contributed by atoms with Gasteiger partial charge in [-0.25, -0.2) is 0 Å². The molecule has 0 saturated carbocycles. The normalized spacial score (nSPS) is 13.1. The average molecular weight is 130 g/mol. The maximum atomic E-state index is 7.05. The van der Waals surface area contributed by atoms with Gasteiger partial charge in [0.15, 0.2) is 0 Å². The zero-order valence-corrected chi connectivity index (χ0v) is 5.98. The first-order chi connectivity index (χ1) is 4.22. The minimum Gasteiger partial charge on any atom is -0.387 e. The zero-order chi connectivity index (χ0) is 7.28. The highest BCUT2D eigenvalue weighted by atomic mass is 16.5. The first-order valence-corrected chi connectivity index (χ1v) is 3.05. The summed E-state index contributed by atoms with van der Waals surface area (Å²) in [5.74, 6) is 0.328. The highest BCUT2D eigenvalue weighted by Crippen LogP contribution is 2.00. The minimum atomic E-state index is 0.106. The highest BCUT2D eigenvalue weighted by molar-refractivity contribution is 5.79. The van der Waals surface area contributed by atoms with Crippen molar-refractivity contribution < 1.29 is 4.74 Å². The molecule has 0 aliphatic heterocycles. The quantitative estimate of drug-likeness (QED) is 0.432. The second kappa shape index (κ2) is 4.32. The number of nitrogens with one attached hydrogen (secondary N) is 1. The summed E-state index contributed by atoms with van der Waals surface area (Å²) in [6.45, 7) is 2.55. The van der Waals surface area contributed by atoms with Crippen LogP contribution in [0.15, 0.2) is 0 Å². The molecule has 0 aromatic rings. The van der Waals surface area contributed by atoms with Crippen LogP contribution < -0.4 is 5.73 Å². The van der Waals surface area contributed by atoms with E-state index >= 15 is 0 Å². The van der Waals surface area contributed by atoms with Crippen molar-refractivity contribution in [3.05, 3.63) is 0 Å². The van der Waals surface area contributed by atoms with Crippen LogP contribution in [0.3, 0.4) is 0 Å². The smallest absolute Gasteiger partial charge is 0.0960 e. The van der Waals surface area contributed by atoms with E-state index < -0.39 is 0 Å². The summed E-state index contributed by atoms with van der Waals surface area (Å²) < 4.78 is 4.84. The molecule has 0 spiro atoms. The molecule has 9 heavy (non-hydrogen) atoms. The fourth-order valence-electron chi connectivity index (χ4n) is 0.629. The van der Waals surface area contributed by atoms with E-state index in [2.05, 4.69) is 0 Å². The van der Waals surface area contributed by atoms with Gasteiger partial charge in [0, 0.05) is 13.0 Å². The molecular weight excluding hydrogens is 116 g/mol. The molecule has 0 radical (unpaired) electrons. The lowest BCUT2D eigenvalue weighted by Crippen LogP contribution is -2.25. The molecule has 3 nitrogen and oxygen atoms in total. The molecular formula is C6H14N2O. The van der Waals surface area contributed by atoms with E-state index in [1.54, 1.807) is 7.11 Å². The molecule has 1 atom stereocenters. The largest absolute Gasteiger partial charge is 0.387 e. The lowest BCUT2D eigenvalue weighted by Gasteiger charge is -2.09. The molecule has 54 valence electrons. The van der Waals surface area contributed by atoms with Crippen LogP contribution in [0.1, 0.15) is 13.3 Å². The van der Waals surface area contributed by atoms with Crippen molar-refractivity contribution in [1.82, 2.24) is 0 Å². The molecule has 0 aromatic carbocycles. The topological polar surface area (TPSA) is 59.1 Å². The summed E-state index contributed by atoms with van der Waals surface area (Å²) in [4.78, 5) is 0. The first-order valence-electron chi connectivity index (χ1n) is 3.05. The predicted octanol–water partition coefficient (Wildman–Crippen LogP) is 0.595. The van der Waals surface area contributed by atoms with Crippen molar-refractivity contribution >= 4 is 5.84 Å². The van der Waals surface area contributed by atoms with Crippen molar-refractivity contribution in [3.8, 4) is 0 Å². The number of amidine groups is 1. The van der Waals surface area contributed by atoms with Crippen LogP contribution in [0.2, 0.25) is 0 Å². The summed E-state index contributed by atoms with van der Waals surface area (Å²) in [5.41, 5.74) is 5.24. The van der Waals surface area contributed by atoms with Gasteiger partial charge in [0.1, 0.15) is 0 Å². The van der Waals surface area contributed by atoms with Crippen LogP contribution in [-0.4, -0.2) is 19.6 Å². The van der Waals surface area contributed by atoms with Crippen molar-refractivity contribution in [1.29, 1.82) is 5.41 Å². The van der Waals surface area contributed by atoms with Crippen molar-refractivity contribution in [2.24, 2.45) is 11.7 Å². The van der Waals surface area contributed by atoms with Crippen LogP contribution in [-0.2, 0) is 4.74 Å². The molecule has 0 saturated heterocycles. The van der Waals surface area contributed by atoms with Crippen LogP contribution in [0.25, 0.3) is 0 Å². The van der Waals surface area contributed by atoms with Gasteiger partial charge in [-0.3, -0.25) is 5.41 Å². The second-order valence-electron chi connectivity index (χ2n) is 2.02. The number of nitrogens with two attached hydrogens (primary N) is 1. The highest BCUT2D eigenvalue weighted by Gasteiger charge is 2.07. The van der Waals surface area contributed by atoms with E-state index in [-0.39, 0.29) is 11.8 Å². The van der Waals surface area contributed by atoms with Crippen molar-refractivity contribution in [2.45, 2.75) is 13.3 Å². The van der Waals surface area contributed by atoms with Crippen molar-refractivity contribution in [3.63, 3.8) is 0 Å². The maximum absolute atomic E-state index is 7.05. The van der Waals surface area contributed by atoms with E-state index in [9.17, 15) is 0 Å². The number of ether oxygens (including phenoxy) is 1. The maximum Gasteiger partial charge on any atom is 0.0960 e. The Balaban J connectivity index is 3.54. The SMILES string of the molecule is CC[C@H](COC)C(=N)N. The predicted molar refractivity (Wildman–Crippen MR) is 37.6 cm³/mol. The van der Waals surface area contributed by atoms with E-state index in [1.165, 1.54) is 0 Å². The third-order valence-corrected chi connectivity index (χ3v) is 1.30. The van der Waals surface area contributed by atoms with E-state index in [0.29, 0.717) is 6.61 Å². The fraction of sp³-hybridized carbons (Fsp3) is 0.833. The molecule has 0 rings (SSSR count). The average Bonchev–Trinajstić information content (AvgIpc) is 1.82. The fourth-order valence-corrected chi connectivity index (χ4v) is 0.629. The van der Waals surface area contributed by atoms with Crippen LogP contribution in [0.4, 0.5) is 0 Å². The van der Waals surface area contributed by atoms with Gasteiger partial charge >= 0.3 is 0 Å². The molecule has 0 aliphatic carbocycles. The van der Waals surface area contributed by atoms with Gasteiger partial charge in [-0.05, 0) is 6.42 Å². The summed E-state index contributed by atoms with van der Waals surface area (Å²) in [6.07, 6.45) is 0.878. The molecule has 0 heterocycles. The monoisotopic (exact) mass is 130 g/mol. The Hall–Kier alpha value is -0.570. The standard InChI is InChI=1S/C6H14N2O/c1-3-5(4-9-2)6(7)8/h5H,3-4H2,1-2H3,(H3,7,8)/t5-/m1/s1. The lowest BCUT2D eigenvalue weighted by atomic mass is 10.1. The van der Waals surface area contributed by atoms with E-state index in [0.717, 1.165) is 6.42 Å². The third-order valence-electron chi connectivity index (χ3n) is 1.30. The Labute approximate surface area is 55.7 Å². The van der Waals surface area contributed by atoms with Gasteiger partial charge in [0.25, 0.3) is 0 Å². The first kappa shape index (κ1) is 8.43. The van der Waals surface area contributed by atoms with Gasteiger partial charge in [0.05, 0.1) is 12.4 Å². The van der Waals surface area contributed by atoms with Crippen molar-refractivity contribution in [2.75, 3.05) is 13.7 Å². The number of hydrogen-bond acceptors (Lipinski definition) is 2. The molecule has 3 heteroatoms. The molecule has 0 aromatic heterocycles. The molecule has 3 N–H and O–H groups in total. The molecule has 0 aliphatic rings. The van der Waals surface area contributed by atoms with Gasteiger partial charge in [-0.15, -0.1) is 0 Å². The van der Waals surface area contributed by atoms with Gasteiger partial charge in [-0.1, -0.05) is 6.92 Å². The Morgan fingerprint density at radius 1 is 1.78 bits per heavy atom. The Bertz CT molecular complexity index is 93.1. The molecule has 0 bridgehead atoms. The van der Waals surface area contributed by atoms with Crippen LogP contribution >= 0.6 is 0 Å². The molecule has 0 unspecified atom stereocenters. The third kappa shape index (κ3) is 3.08. The zero-order valence-electron chi connectivity index (χ0n) is 5.98. The van der Waals surface area contributed by atoms with Gasteiger partial charge in [-0.2, -0.15) is 0 Å². The summed E-state index contributed by atoms with van der Waals surface area (Å²) >= 11 is 0. The number of hydrogen-bond donors (Lipinski definition) is 2. The summed E-state index contributed by atoms with van der Waals surface area (Å²) in [5, 5.41) is 7.05. The number of methoxy groups -OCH3 is 1. The Morgan fingerprint density at radius 2 is 2.33 bits per heavy atom. The lowest BCUT2D eigenvalue weighted by molar-refractivity contribution is 0.174. The van der Waals surface area contributed by atoms with Gasteiger partial charge in [0.2, 0.25) is 0 Å². The molecule has 0 amide bonds. The number of rotatable bonds is 4. The Kier molecular flexibility index (Phi) is 4.05. The van der Waals surface area contributed by atoms with E-state index in [1.807, 2.05) is 6.92 Å². The summed E-state index contributed by atoms with van der Waals surface area (Å²) in [7, 11) is 1.62. The minimum absolute atomic E-state index is 0.106. The van der Waals surface area contributed by atoms with E-state index in [4.69, 9.17) is 15.9 Å². The second-order valence-corrected chi connectivity index (χ2v) is 2.02. The molecule has 0 fully saturated rings.